The highest BCUT2D eigenvalue weighted by atomic mass is 35.5. The van der Waals surface area contributed by atoms with Crippen LogP contribution in [0, 0.1) is 0 Å². The first-order valence-electron chi connectivity index (χ1n) is 8.95. The van der Waals surface area contributed by atoms with Crippen LogP contribution in [0.4, 0.5) is 5.69 Å². The second-order valence-electron chi connectivity index (χ2n) is 6.73. The van der Waals surface area contributed by atoms with E-state index in [1.54, 1.807) is 4.90 Å². The van der Waals surface area contributed by atoms with E-state index in [0.29, 0.717) is 18.0 Å². The zero-order chi connectivity index (χ0) is 17.6. The van der Waals surface area contributed by atoms with Crippen molar-refractivity contribution < 1.29 is 4.79 Å². The van der Waals surface area contributed by atoms with Crippen molar-refractivity contribution in [3.63, 3.8) is 0 Å². The third-order valence-electron chi connectivity index (χ3n) is 4.80. The van der Waals surface area contributed by atoms with Gasteiger partial charge in [-0.2, -0.15) is 0 Å². The molecule has 0 saturated carbocycles. The van der Waals surface area contributed by atoms with Crippen molar-refractivity contribution in [3.05, 3.63) is 64.7 Å². The molecule has 0 unspecified atom stereocenters. The molecule has 25 heavy (non-hydrogen) atoms. The highest BCUT2D eigenvalue weighted by Gasteiger charge is 2.13. The number of hydrogen-bond donors (Lipinski definition) is 0. The van der Waals surface area contributed by atoms with Gasteiger partial charge in [0, 0.05) is 37.4 Å². The Hall–Kier alpha value is -2.00. The molecule has 3 nitrogen and oxygen atoms in total. The molecule has 2 aromatic rings. The summed E-state index contributed by atoms with van der Waals surface area (Å²) in [5.74, 6) is 0.0770. The molecule has 0 aromatic heterocycles. The molecule has 1 aliphatic heterocycles. The second-order valence-corrected chi connectivity index (χ2v) is 7.14. The highest BCUT2D eigenvalue weighted by Crippen LogP contribution is 2.21. The fourth-order valence-corrected chi connectivity index (χ4v) is 3.47. The first-order chi connectivity index (χ1) is 12.1. The fourth-order valence-electron chi connectivity index (χ4n) is 3.27. The number of amides is 1. The van der Waals surface area contributed by atoms with Gasteiger partial charge in [0.1, 0.15) is 0 Å². The second kappa shape index (κ2) is 8.39. The van der Waals surface area contributed by atoms with Gasteiger partial charge in [0.25, 0.3) is 0 Å². The summed E-state index contributed by atoms with van der Waals surface area (Å²) in [5.41, 5.74) is 3.31. The first-order valence-corrected chi connectivity index (χ1v) is 9.32. The van der Waals surface area contributed by atoms with Crippen LogP contribution in [0.25, 0.3) is 0 Å². The van der Waals surface area contributed by atoms with Gasteiger partial charge in [-0.25, -0.2) is 0 Å². The van der Waals surface area contributed by atoms with Crippen LogP contribution in [-0.2, 0) is 17.8 Å². The zero-order valence-electron chi connectivity index (χ0n) is 14.7. The lowest BCUT2D eigenvalue weighted by Gasteiger charge is -2.29. The number of carbonyl (C=O) groups is 1. The van der Waals surface area contributed by atoms with Gasteiger partial charge in [0.2, 0.25) is 5.91 Å². The van der Waals surface area contributed by atoms with E-state index in [1.807, 2.05) is 31.3 Å². The number of carbonyl (C=O) groups excluding carboxylic acids is 1. The summed E-state index contributed by atoms with van der Waals surface area (Å²) in [6, 6.07) is 16.1. The van der Waals surface area contributed by atoms with E-state index in [0.717, 1.165) is 24.2 Å². The molecule has 1 amide bonds. The molecule has 132 valence electrons. The number of nitrogens with zero attached hydrogens (tertiary/aromatic N) is 2. The van der Waals surface area contributed by atoms with Gasteiger partial charge in [0.15, 0.2) is 0 Å². The van der Waals surface area contributed by atoms with Crippen molar-refractivity contribution in [3.8, 4) is 0 Å². The number of hydrogen-bond acceptors (Lipinski definition) is 2. The van der Waals surface area contributed by atoms with Crippen molar-refractivity contribution in [1.82, 2.24) is 4.90 Å². The van der Waals surface area contributed by atoms with Crippen LogP contribution in [0.15, 0.2) is 48.5 Å². The van der Waals surface area contributed by atoms with Crippen LogP contribution >= 0.6 is 11.6 Å². The highest BCUT2D eigenvalue weighted by molar-refractivity contribution is 6.31. The molecule has 1 aliphatic rings. The van der Waals surface area contributed by atoms with E-state index in [-0.39, 0.29) is 5.91 Å². The van der Waals surface area contributed by atoms with Gasteiger partial charge in [-0.3, -0.25) is 4.79 Å². The normalized spacial score (nSPS) is 14.4. The zero-order valence-corrected chi connectivity index (χ0v) is 15.5. The Morgan fingerprint density at radius 1 is 1.04 bits per heavy atom. The fraction of sp³-hybridized carbons (Fsp3) is 0.381. The van der Waals surface area contributed by atoms with Crippen molar-refractivity contribution in [2.45, 2.75) is 32.2 Å². The molecule has 1 heterocycles. The van der Waals surface area contributed by atoms with E-state index in [1.165, 1.54) is 24.9 Å². The number of benzene rings is 2. The van der Waals surface area contributed by atoms with Gasteiger partial charge in [0.05, 0.1) is 6.42 Å². The summed E-state index contributed by atoms with van der Waals surface area (Å²) in [4.78, 5) is 16.6. The molecule has 1 fully saturated rings. The molecular formula is C21H25ClN2O. The molecule has 0 aliphatic carbocycles. The molecule has 0 spiro atoms. The molecule has 0 bridgehead atoms. The van der Waals surface area contributed by atoms with E-state index < -0.39 is 0 Å². The number of halogens is 1. The minimum absolute atomic E-state index is 0.0770. The Morgan fingerprint density at radius 3 is 2.40 bits per heavy atom. The Morgan fingerprint density at radius 2 is 1.72 bits per heavy atom. The SMILES string of the molecule is CN(Cc1ccc(N2CCCCC2)cc1)C(=O)Cc1ccccc1Cl. The van der Waals surface area contributed by atoms with Crippen molar-refractivity contribution in [1.29, 1.82) is 0 Å². The van der Waals surface area contributed by atoms with Crippen molar-refractivity contribution in [2.75, 3.05) is 25.0 Å². The van der Waals surface area contributed by atoms with Gasteiger partial charge in [-0.05, 0) is 48.6 Å². The Kier molecular flexibility index (Phi) is 5.98. The summed E-state index contributed by atoms with van der Waals surface area (Å²) in [6.45, 7) is 2.91. The topological polar surface area (TPSA) is 23.6 Å². The molecule has 4 heteroatoms. The summed E-state index contributed by atoms with van der Waals surface area (Å²) >= 11 is 6.15. The molecule has 1 saturated heterocycles. The molecule has 0 atom stereocenters. The lowest BCUT2D eigenvalue weighted by Crippen LogP contribution is -2.29. The lowest BCUT2D eigenvalue weighted by atomic mass is 10.1. The number of anilines is 1. The summed E-state index contributed by atoms with van der Waals surface area (Å²) in [7, 11) is 1.84. The van der Waals surface area contributed by atoms with Crippen LogP contribution in [0.2, 0.25) is 5.02 Å². The molecule has 2 aromatic carbocycles. The van der Waals surface area contributed by atoms with E-state index in [2.05, 4.69) is 29.2 Å². The smallest absolute Gasteiger partial charge is 0.227 e. The standard InChI is InChI=1S/C21H25ClN2O/c1-23(21(25)15-18-7-3-4-8-20(18)22)16-17-9-11-19(12-10-17)24-13-5-2-6-14-24/h3-4,7-12H,2,5-6,13-16H2,1H3. The Labute approximate surface area is 155 Å². The number of likely N-dealkylation sites (N-methyl/N-ethyl adjacent to an activating group) is 1. The third kappa shape index (κ3) is 4.76. The van der Waals surface area contributed by atoms with Gasteiger partial charge in [-0.15, -0.1) is 0 Å². The van der Waals surface area contributed by atoms with Crippen molar-refractivity contribution in [2.24, 2.45) is 0 Å². The van der Waals surface area contributed by atoms with Gasteiger partial charge >= 0.3 is 0 Å². The van der Waals surface area contributed by atoms with Crippen LogP contribution in [-0.4, -0.2) is 30.9 Å². The maximum atomic E-state index is 12.4. The maximum absolute atomic E-state index is 12.4. The summed E-state index contributed by atoms with van der Waals surface area (Å²) in [6.07, 6.45) is 4.23. The van der Waals surface area contributed by atoms with Gasteiger partial charge < -0.3 is 9.80 Å². The first kappa shape index (κ1) is 17.8. The monoisotopic (exact) mass is 356 g/mol. The number of rotatable bonds is 5. The average Bonchev–Trinajstić information content (AvgIpc) is 2.65. The van der Waals surface area contributed by atoms with Crippen molar-refractivity contribution >= 4 is 23.2 Å². The molecular weight excluding hydrogens is 332 g/mol. The van der Waals surface area contributed by atoms with E-state index in [4.69, 9.17) is 11.6 Å². The minimum Gasteiger partial charge on any atom is -0.372 e. The lowest BCUT2D eigenvalue weighted by molar-refractivity contribution is -0.129. The van der Waals surface area contributed by atoms with Crippen LogP contribution in [0.5, 0.6) is 0 Å². The molecule has 0 N–H and O–H groups in total. The third-order valence-corrected chi connectivity index (χ3v) is 5.17. The number of piperidine rings is 1. The van der Waals surface area contributed by atoms with E-state index >= 15 is 0 Å². The largest absolute Gasteiger partial charge is 0.372 e. The Bertz CT molecular complexity index is 708. The predicted molar refractivity (Wildman–Crippen MR) is 104 cm³/mol. The Balaban J connectivity index is 1.57. The van der Waals surface area contributed by atoms with Gasteiger partial charge in [-0.1, -0.05) is 41.9 Å². The summed E-state index contributed by atoms with van der Waals surface area (Å²) in [5, 5.41) is 0.648. The van der Waals surface area contributed by atoms with E-state index in [9.17, 15) is 4.79 Å². The summed E-state index contributed by atoms with van der Waals surface area (Å²) < 4.78 is 0. The molecule has 3 rings (SSSR count). The molecule has 0 radical (unpaired) electrons. The maximum Gasteiger partial charge on any atom is 0.227 e. The van der Waals surface area contributed by atoms with Crippen LogP contribution in [0.1, 0.15) is 30.4 Å². The van der Waals surface area contributed by atoms with Crippen LogP contribution < -0.4 is 4.90 Å². The van der Waals surface area contributed by atoms with Crippen LogP contribution in [0.3, 0.4) is 0 Å². The quantitative estimate of drug-likeness (QED) is 0.785. The predicted octanol–water partition coefficient (Wildman–Crippen LogP) is 4.53. The average molecular weight is 357 g/mol. The minimum atomic E-state index is 0.0770.